The van der Waals surface area contributed by atoms with E-state index in [0.29, 0.717) is 5.56 Å². The predicted molar refractivity (Wildman–Crippen MR) is 137 cm³/mol. The van der Waals surface area contributed by atoms with Crippen LogP contribution < -0.4 is 0 Å². The quantitative estimate of drug-likeness (QED) is 0.162. The summed E-state index contributed by atoms with van der Waals surface area (Å²) in [6.45, 7) is -1.50. The van der Waals surface area contributed by atoms with Crippen LogP contribution in [0, 0.1) is 0 Å². The number of rotatable bonds is 7. The van der Waals surface area contributed by atoms with E-state index in [1.807, 2.05) is 0 Å². The smallest absolute Gasteiger partial charge is 0.229 e. The molecule has 11 unspecified atom stereocenters. The molecule has 3 heterocycles. The number of benzene rings is 1. The Bertz CT molecular complexity index is 1250. The Kier molecular flexibility index (Phi) is 8.77. The van der Waals surface area contributed by atoms with Crippen molar-refractivity contribution in [1.82, 2.24) is 0 Å². The molecule has 15 nitrogen and oxygen atoms in total. The van der Waals surface area contributed by atoms with Gasteiger partial charge in [0.15, 0.2) is 23.9 Å². The van der Waals surface area contributed by atoms with Gasteiger partial charge in [-0.2, -0.15) is 0 Å². The molecular formula is C27H32O15. The van der Waals surface area contributed by atoms with Gasteiger partial charge in [-0.05, 0) is 30.3 Å². The third-order valence-electron chi connectivity index (χ3n) is 7.30. The molecule has 15 heteroatoms. The number of hydrogen-bond donors (Lipinski definition) is 10. The SMILES string of the molecule is OCC1OC(OC2C(OC3=C(c4ccc(O)cc4)OC4C=C(O)C=C(O)C4=C3)OC(CO)C(O)C2O)C(O)C(O)C1O. The molecule has 0 aromatic heterocycles. The minimum Gasteiger partial charge on any atom is -0.508 e. The summed E-state index contributed by atoms with van der Waals surface area (Å²) in [7, 11) is 0. The van der Waals surface area contributed by atoms with Crippen molar-refractivity contribution in [3.63, 3.8) is 0 Å². The number of fused-ring (bicyclic) bond motifs is 1. The molecular weight excluding hydrogens is 564 g/mol. The zero-order chi connectivity index (χ0) is 30.3. The number of allylic oxidation sites excluding steroid dienone is 2. The van der Waals surface area contributed by atoms with Crippen molar-refractivity contribution < 1.29 is 74.7 Å². The van der Waals surface area contributed by atoms with Crippen molar-refractivity contribution >= 4 is 5.76 Å². The summed E-state index contributed by atoms with van der Waals surface area (Å²) in [6.07, 6.45) is -13.8. The maximum Gasteiger partial charge on any atom is 0.229 e. The summed E-state index contributed by atoms with van der Waals surface area (Å²) in [4.78, 5) is 0. The average Bonchev–Trinajstić information content (AvgIpc) is 2.97. The minimum absolute atomic E-state index is 0.0406. The lowest BCUT2D eigenvalue weighted by molar-refractivity contribution is -0.363. The second-order valence-electron chi connectivity index (χ2n) is 10.1. The third-order valence-corrected chi connectivity index (χ3v) is 7.30. The van der Waals surface area contributed by atoms with Crippen molar-refractivity contribution in [1.29, 1.82) is 0 Å². The van der Waals surface area contributed by atoms with Gasteiger partial charge in [0.25, 0.3) is 0 Å². The highest BCUT2D eigenvalue weighted by molar-refractivity contribution is 5.68. The highest BCUT2D eigenvalue weighted by Gasteiger charge is 2.51. The summed E-state index contributed by atoms with van der Waals surface area (Å²) >= 11 is 0. The van der Waals surface area contributed by atoms with Gasteiger partial charge in [0, 0.05) is 23.3 Å². The van der Waals surface area contributed by atoms with Crippen molar-refractivity contribution in [3.05, 3.63) is 70.9 Å². The molecule has 230 valence electrons. The first-order valence-electron chi connectivity index (χ1n) is 13.0. The van der Waals surface area contributed by atoms with Crippen LogP contribution in [0.15, 0.2) is 65.3 Å². The molecule has 0 amide bonds. The van der Waals surface area contributed by atoms with Gasteiger partial charge in [-0.3, -0.25) is 0 Å². The van der Waals surface area contributed by atoms with Gasteiger partial charge in [0.1, 0.15) is 66.1 Å². The zero-order valence-electron chi connectivity index (χ0n) is 21.8. The molecule has 3 aliphatic heterocycles. The van der Waals surface area contributed by atoms with Gasteiger partial charge in [0.05, 0.1) is 13.2 Å². The fraction of sp³-hybridized carbons (Fsp3) is 0.481. The Labute approximate surface area is 238 Å². The van der Waals surface area contributed by atoms with E-state index in [9.17, 15) is 51.1 Å². The van der Waals surface area contributed by atoms with E-state index in [1.54, 1.807) is 0 Å². The van der Waals surface area contributed by atoms with Gasteiger partial charge >= 0.3 is 0 Å². The van der Waals surface area contributed by atoms with E-state index >= 15 is 0 Å². The van der Waals surface area contributed by atoms with Crippen LogP contribution >= 0.6 is 0 Å². The highest BCUT2D eigenvalue weighted by atomic mass is 16.8. The summed E-state index contributed by atoms with van der Waals surface area (Å²) in [5.74, 6) is -0.701. The second-order valence-corrected chi connectivity index (χ2v) is 10.1. The average molecular weight is 597 g/mol. The van der Waals surface area contributed by atoms with Crippen molar-refractivity contribution in [2.24, 2.45) is 0 Å². The van der Waals surface area contributed by atoms with E-state index < -0.39 is 80.7 Å². The van der Waals surface area contributed by atoms with Crippen LogP contribution in [-0.2, 0) is 23.7 Å². The largest absolute Gasteiger partial charge is 0.508 e. The van der Waals surface area contributed by atoms with E-state index in [-0.39, 0.29) is 34.4 Å². The minimum atomic E-state index is -1.86. The molecule has 1 aromatic rings. The summed E-state index contributed by atoms with van der Waals surface area (Å²) in [5, 5.41) is 102. The third kappa shape index (κ3) is 5.71. The van der Waals surface area contributed by atoms with E-state index in [2.05, 4.69) is 0 Å². The molecule has 11 atom stereocenters. The number of aliphatic hydroxyl groups excluding tert-OH is 9. The molecule has 2 fully saturated rings. The first-order chi connectivity index (χ1) is 20.0. The second kappa shape index (κ2) is 12.2. The molecule has 0 radical (unpaired) electrons. The van der Waals surface area contributed by atoms with Crippen molar-refractivity contribution in [2.75, 3.05) is 13.2 Å². The van der Waals surface area contributed by atoms with Gasteiger partial charge in [-0.1, -0.05) is 0 Å². The van der Waals surface area contributed by atoms with Gasteiger partial charge in [0.2, 0.25) is 6.29 Å². The molecule has 1 aliphatic carbocycles. The lowest BCUT2D eigenvalue weighted by Crippen LogP contribution is -2.64. The van der Waals surface area contributed by atoms with Crippen LogP contribution in [0.25, 0.3) is 5.76 Å². The van der Waals surface area contributed by atoms with Crippen LogP contribution in [-0.4, -0.2) is 132 Å². The molecule has 0 bridgehead atoms. The first kappa shape index (κ1) is 30.2. The summed E-state index contributed by atoms with van der Waals surface area (Å²) < 4.78 is 28.9. The Hall–Kier alpha value is -3.22. The Balaban J connectivity index is 1.51. The standard InChI is InChI=1S/C27H32O15/c28-8-17-19(33)21(35)23(37)26(40-17)42-25-22(36)20(34)18(9-29)41-27(25)39-16-7-13-14(32)5-12(31)6-15(13)38-24(16)10-1-3-11(30)4-2-10/h1-7,15,17-23,25-37H,8-9H2. The summed E-state index contributed by atoms with van der Waals surface area (Å²) in [5.41, 5.74) is 0.549. The topological polar surface area (TPSA) is 248 Å². The van der Waals surface area contributed by atoms with Crippen LogP contribution in [0.5, 0.6) is 5.75 Å². The van der Waals surface area contributed by atoms with Crippen LogP contribution in [0.3, 0.4) is 0 Å². The predicted octanol–water partition coefficient (Wildman–Crippen LogP) is -2.08. The lowest BCUT2D eigenvalue weighted by Gasteiger charge is -2.46. The monoisotopic (exact) mass is 596 g/mol. The number of hydrogen-bond acceptors (Lipinski definition) is 15. The molecule has 1 aromatic carbocycles. The maximum atomic E-state index is 10.9. The van der Waals surface area contributed by atoms with Gasteiger partial charge in [-0.25, -0.2) is 0 Å². The Morgan fingerprint density at radius 2 is 1.33 bits per heavy atom. The number of ether oxygens (including phenoxy) is 5. The molecule has 10 N–H and O–H groups in total. The van der Waals surface area contributed by atoms with Crippen molar-refractivity contribution in [2.45, 2.75) is 67.5 Å². The van der Waals surface area contributed by atoms with Crippen LogP contribution in [0.1, 0.15) is 5.56 Å². The molecule has 2 saturated heterocycles. The van der Waals surface area contributed by atoms with Gasteiger partial charge < -0.3 is 74.7 Å². The Morgan fingerprint density at radius 3 is 1.98 bits per heavy atom. The van der Waals surface area contributed by atoms with E-state index in [1.165, 1.54) is 36.4 Å². The van der Waals surface area contributed by atoms with Crippen LogP contribution in [0.4, 0.5) is 0 Å². The number of aliphatic hydroxyl groups is 9. The number of phenolic OH excluding ortho intramolecular Hbond substituents is 1. The molecule has 0 spiro atoms. The van der Waals surface area contributed by atoms with E-state index in [0.717, 1.165) is 6.08 Å². The first-order valence-corrected chi connectivity index (χ1v) is 13.0. The van der Waals surface area contributed by atoms with Crippen LogP contribution in [0.2, 0.25) is 0 Å². The van der Waals surface area contributed by atoms with Gasteiger partial charge in [-0.15, -0.1) is 0 Å². The van der Waals surface area contributed by atoms with Crippen molar-refractivity contribution in [3.8, 4) is 5.75 Å². The molecule has 4 aliphatic rings. The lowest BCUT2D eigenvalue weighted by atomic mass is 9.96. The maximum absolute atomic E-state index is 10.9. The van der Waals surface area contributed by atoms with E-state index in [4.69, 9.17) is 23.7 Å². The Morgan fingerprint density at radius 1 is 0.714 bits per heavy atom. The fourth-order valence-electron chi connectivity index (χ4n) is 4.97. The molecule has 42 heavy (non-hydrogen) atoms. The zero-order valence-corrected chi connectivity index (χ0v) is 21.8. The highest BCUT2D eigenvalue weighted by Crippen LogP contribution is 2.39. The fourth-order valence-corrected chi connectivity index (χ4v) is 4.97. The number of phenols is 1. The molecule has 0 saturated carbocycles. The molecule has 5 rings (SSSR count). The number of aromatic hydroxyl groups is 1. The summed E-state index contributed by atoms with van der Waals surface area (Å²) in [6, 6.07) is 5.73. The normalized spacial score (nSPS) is 38.5.